The third-order valence-corrected chi connectivity index (χ3v) is 4.97. The second-order valence-electron chi connectivity index (χ2n) is 6.36. The molecule has 0 bridgehead atoms. The molecule has 27 heavy (non-hydrogen) atoms. The minimum Gasteiger partial charge on any atom is -0.493 e. The number of methoxy groups -OCH3 is 2. The van der Waals surface area contributed by atoms with Crippen LogP contribution < -0.4 is 19.5 Å². The van der Waals surface area contributed by atoms with Crippen molar-refractivity contribution in [1.29, 1.82) is 0 Å². The van der Waals surface area contributed by atoms with Gasteiger partial charge in [-0.2, -0.15) is 10.1 Å². The quantitative estimate of drug-likeness (QED) is 0.772. The maximum absolute atomic E-state index is 6.02. The lowest BCUT2D eigenvalue weighted by Crippen LogP contribution is -2.30. The standard InChI is InChI=1S/C20H18N4O3/c1-25-16-8-7-12(9-17(16)26-2)19-14-10-27-15-6-4-3-5-13(15)18(14)23-20-21-11-22-24(19)20/h3-9,11,19H,10H2,1-2H3,(H,21,22,23). The first-order chi connectivity index (χ1) is 13.3. The van der Waals surface area contributed by atoms with Crippen LogP contribution in [-0.4, -0.2) is 35.6 Å². The molecule has 0 fully saturated rings. The van der Waals surface area contributed by atoms with E-state index < -0.39 is 0 Å². The van der Waals surface area contributed by atoms with Crippen molar-refractivity contribution < 1.29 is 14.2 Å². The Balaban J connectivity index is 1.70. The van der Waals surface area contributed by atoms with Crippen LogP contribution in [0.1, 0.15) is 17.2 Å². The lowest BCUT2D eigenvalue weighted by atomic mass is 9.91. The fraction of sp³-hybridized carbons (Fsp3) is 0.200. The number of hydrogen-bond donors (Lipinski definition) is 1. The summed E-state index contributed by atoms with van der Waals surface area (Å²) in [4.78, 5) is 4.38. The van der Waals surface area contributed by atoms with E-state index in [1.807, 2.05) is 41.1 Å². The van der Waals surface area contributed by atoms with Crippen LogP contribution in [-0.2, 0) is 0 Å². The van der Waals surface area contributed by atoms with Crippen LogP contribution in [0.5, 0.6) is 17.2 Å². The highest BCUT2D eigenvalue weighted by molar-refractivity contribution is 5.84. The van der Waals surface area contributed by atoms with Gasteiger partial charge in [0.25, 0.3) is 0 Å². The van der Waals surface area contributed by atoms with Crippen molar-refractivity contribution >= 4 is 11.6 Å². The molecule has 7 nitrogen and oxygen atoms in total. The van der Waals surface area contributed by atoms with Gasteiger partial charge < -0.3 is 19.5 Å². The summed E-state index contributed by atoms with van der Waals surface area (Å²) in [5.41, 5.74) is 4.17. The predicted octanol–water partition coefficient (Wildman–Crippen LogP) is 3.11. The molecule has 3 aromatic rings. The fourth-order valence-corrected chi connectivity index (χ4v) is 3.72. The molecule has 1 unspecified atom stereocenters. The van der Waals surface area contributed by atoms with Crippen molar-refractivity contribution in [3.63, 3.8) is 0 Å². The van der Waals surface area contributed by atoms with E-state index in [2.05, 4.69) is 21.5 Å². The van der Waals surface area contributed by atoms with Gasteiger partial charge in [-0.1, -0.05) is 18.2 Å². The van der Waals surface area contributed by atoms with E-state index in [-0.39, 0.29) is 6.04 Å². The highest BCUT2D eigenvalue weighted by Crippen LogP contribution is 2.44. The molecule has 0 amide bonds. The molecule has 5 rings (SSSR count). The zero-order valence-electron chi connectivity index (χ0n) is 15.0. The lowest BCUT2D eigenvalue weighted by molar-refractivity contribution is 0.327. The first-order valence-corrected chi connectivity index (χ1v) is 8.64. The Labute approximate surface area is 156 Å². The van der Waals surface area contributed by atoms with Crippen LogP contribution in [0, 0.1) is 0 Å². The first kappa shape index (κ1) is 15.7. The summed E-state index contributed by atoms with van der Waals surface area (Å²) < 4.78 is 18.8. The van der Waals surface area contributed by atoms with Crippen LogP contribution in [0.4, 0.5) is 5.95 Å². The Morgan fingerprint density at radius 3 is 2.81 bits per heavy atom. The predicted molar refractivity (Wildman–Crippen MR) is 100 cm³/mol. The molecule has 1 N–H and O–H groups in total. The van der Waals surface area contributed by atoms with Gasteiger partial charge >= 0.3 is 0 Å². The van der Waals surface area contributed by atoms with Crippen molar-refractivity contribution in [3.8, 4) is 17.2 Å². The Kier molecular flexibility index (Phi) is 3.53. The molecule has 2 aromatic carbocycles. The molecule has 2 aliphatic heterocycles. The largest absolute Gasteiger partial charge is 0.493 e. The van der Waals surface area contributed by atoms with E-state index in [1.165, 1.54) is 0 Å². The summed E-state index contributed by atoms with van der Waals surface area (Å²) in [5, 5.41) is 7.86. The molecule has 0 radical (unpaired) electrons. The zero-order chi connectivity index (χ0) is 18.4. The summed E-state index contributed by atoms with van der Waals surface area (Å²) in [5.74, 6) is 2.93. The third-order valence-electron chi connectivity index (χ3n) is 4.97. The van der Waals surface area contributed by atoms with Crippen LogP contribution in [0.15, 0.2) is 54.4 Å². The van der Waals surface area contributed by atoms with E-state index in [4.69, 9.17) is 14.2 Å². The molecule has 0 saturated heterocycles. The monoisotopic (exact) mass is 362 g/mol. The molecular weight excluding hydrogens is 344 g/mol. The number of fused-ring (bicyclic) bond motifs is 3. The number of nitrogens with zero attached hydrogens (tertiary/aromatic N) is 3. The number of ether oxygens (including phenoxy) is 3. The van der Waals surface area contributed by atoms with Crippen LogP contribution >= 0.6 is 0 Å². The normalized spacial score (nSPS) is 17.2. The third kappa shape index (κ3) is 2.35. The molecule has 2 aliphatic rings. The van der Waals surface area contributed by atoms with Gasteiger partial charge in [0.2, 0.25) is 5.95 Å². The molecule has 1 aromatic heterocycles. The Bertz CT molecular complexity index is 1060. The second kappa shape index (κ2) is 6.05. The van der Waals surface area contributed by atoms with Gasteiger partial charge in [-0.3, -0.25) is 0 Å². The number of benzene rings is 2. The van der Waals surface area contributed by atoms with E-state index in [0.29, 0.717) is 24.1 Å². The minimum absolute atomic E-state index is 0.146. The number of rotatable bonds is 3. The molecule has 0 spiro atoms. The lowest BCUT2D eigenvalue weighted by Gasteiger charge is -2.34. The van der Waals surface area contributed by atoms with Gasteiger partial charge in [0.1, 0.15) is 24.7 Å². The summed E-state index contributed by atoms with van der Waals surface area (Å²) in [6, 6.07) is 13.8. The van der Waals surface area contributed by atoms with Crippen molar-refractivity contribution in [3.05, 3.63) is 65.5 Å². The average molecular weight is 362 g/mol. The summed E-state index contributed by atoms with van der Waals surface area (Å²) in [6.45, 7) is 0.470. The zero-order valence-corrected chi connectivity index (χ0v) is 15.0. The van der Waals surface area contributed by atoms with Crippen LogP contribution in [0.25, 0.3) is 5.70 Å². The number of hydrogen-bond acceptors (Lipinski definition) is 6. The Hall–Kier alpha value is -3.48. The van der Waals surface area contributed by atoms with Crippen molar-refractivity contribution in [2.45, 2.75) is 6.04 Å². The van der Waals surface area contributed by atoms with Crippen molar-refractivity contribution in [1.82, 2.24) is 14.8 Å². The highest BCUT2D eigenvalue weighted by Gasteiger charge is 2.35. The van der Waals surface area contributed by atoms with Crippen LogP contribution in [0.3, 0.4) is 0 Å². The van der Waals surface area contributed by atoms with Gasteiger partial charge in [0.15, 0.2) is 11.5 Å². The van der Waals surface area contributed by atoms with Gasteiger partial charge in [0.05, 0.1) is 19.9 Å². The summed E-state index contributed by atoms with van der Waals surface area (Å²) in [7, 11) is 3.26. The summed E-state index contributed by atoms with van der Waals surface area (Å²) in [6.07, 6.45) is 1.56. The maximum atomic E-state index is 6.02. The highest BCUT2D eigenvalue weighted by atomic mass is 16.5. The first-order valence-electron chi connectivity index (χ1n) is 8.64. The molecule has 3 heterocycles. The average Bonchev–Trinajstić information content (AvgIpc) is 3.19. The van der Waals surface area contributed by atoms with Gasteiger partial charge in [-0.15, -0.1) is 0 Å². The smallest absolute Gasteiger partial charge is 0.226 e. The fourth-order valence-electron chi connectivity index (χ4n) is 3.72. The molecule has 136 valence electrons. The van der Waals surface area contributed by atoms with E-state index in [9.17, 15) is 0 Å². The van der Waals surface area contributed by atoms with E-state index in [1.54, 1.807) is 20.5 Å². The SMILES string of the molecule is COc1ccc(C2C3=C(Nc4ncnn42)c2ccccc2OC3)cc1OC. The van der Waals surface area contributed by atoms with Gasteiger partial charge in [-0.25, -0.2) is 4.68 Å². The maximum Gasteiger partial charge on any atom is 0.226 e. The molecule has 0 saturated carbocycles. The Morgan fingerprint density at radius 1 is 1.11 bits per heavy atom. The number of para-hydroxylation sites is 1. The minimum atomic E-state index is -0.146. The number of nitrogens with one attached hydrogen (secondary N) is 1. The van der Waals surface area contributed by atoms with E-state index in [0.717, 1.165) is 28.1 Å². The molecular formula is C20H18N4O3. The van der Waals surface area contributed by atoms with Gasteiger partial charge in [0, 0.05) is 11.1 Å². The second-order valence-corrected chi connectivity index (χ2v) is 6.36. The Morgan fingerprint density at radius 2 is 1.96 bits per heavy atom. The molecule has 7 heteroatoms. The van der Waals surface area contributed by atoms with Gasteiger partial charge in [-0.05, 0) is 29.8 Å². The molecule has 1 atom stereocenters. The van der Waals surface area contributed by atoms with E-state index >= 15 is 0 Å². The number of anilines is 1. The topological polar surface area (TPSA) is 70.4 Å². The van der Waals surface area contributed by atoms with Crippen LogP contribution in [0.2, 0.25) is 0 Å². The van der Waals surface area contributed by atoms with Crippen molar-refractivity contribution in [2.24, 2.45) is 0 Å². The van der Waals surface area contributed by atoms with Crippen molar-refractivity contribution in [2.75, 3.05) is 26.1 Å². The summed E-state index contributed by atoms with van der Waals surface area (Å²) >= 11 is 0. The number of aromatic nitrogens is 3. The molecule has 0 aliphatic carbocycles.